The first-order valence-corrected chi connectivity index (χ1v) is 6.67. The summed E-state index contributed by atoms with van der Waals surface area (Å²) in [4.78, 5) is 1.05. The molecule has 96 valence electrons. The first-order valence-electron chi connectivity index (χ1n) is 5.68. The zero-order valence-electron chi connectivity index (χ0n) is 10.4. The van der Waals surface area contributed by atoms with Gasteiger partial charge in [0.15, 0.2) is 0 Å². The van der Waals surface area contributed by atoms with Gasteiger partial charge >= 0.3 is 0 Å². The number of nitrogens with zero attached hydrogens (tertiary/aromatic N) is 1. The highest BCUT2D eigenvalue weighted by Crippen LogP contribution is 2.26. The summed E-state index contributed by atoms with van der Waals surface area (Å²) in [6, 6.07) is 13.9. The lowest BCUT2D eigenvalue weighted by Crippen LogP contribution is -1.89. The molecule has 0 unspecified atom stereocenters. The molecule has 0 radical (unpaired) electrons. The van der Waals surface area contributed by atoms with Crippen molar-refractivity contribution in [2.24, 2.45) is 0 Å². The van der Waals surface area contributed by atoms with Crippen LogP contribution in [0.15, 0.2) is 47.4 Å². The van der Waals surface area contributed by atoms with Crippen LogP contribution in [0.5, 0.6) is 5.75 Å². The Labute approximate surface area is 115 Å². The predicted molar refractivity (Wildman–Crippen MR) is 73.7 cm³/mol. The summed E-state index contributed by atoms with van der Waals surface area (Å²) >= 11 is 1.56. The lowest BCUT2D eigenvalue weighted by Gasteiger charge is -2.05. The molecule has 0 heterocycles. The molecule has 19 heavy (non-hydrogen) atoms. The largest absolute Gasteiger partial charge is 0.497 e. The van der Waals surface area contributed by atoms with Gasteiger partial charge in [-0.1, -0.05) is 0 Å². The molecule has 0 aliphatic rings. The van der Waals surface area contributed by atoms with Gasteiger partial charge in [0.05, 0.1) is 18.7 Å². The summed E-state index contributed by atoms with van der Waals surface area (Å²) in [6.45, 7) is 0. The second-order valence-corrected chi connectivity index (χ2v) is 4.93. The first kappa shape index (κ1) is 13.4. The summed E-state index contributed by atoms with van der Waals surface area (Å²) in [6.07, 6.45) is 0. The number of ether oxygens (including phenoxy) is 1. The normalized spacial score (nSPS) is 9.95. The van der Waals surface area contributed by atoms with Gasteiger partial charge in [0.1, 0.15) is 11.6 Å². The quantitative estimate of drug-likeness (QED) is 0.789. The monoisotopic (exact) mass is 273 g/mol. The second kappa shape index (κ2) is 6.26. The molecule has 0 amide bonds. The van der Waals surface area contributed by atoms with E-state index in [2.05, 4.69) is 6.07 Å². The van der Waals surface area contributed by atoms with Crippen LogP contribution in [0.1, 0.15) is 11.1 Å². The molecule has 0 fully saturated rings. The maximum atomic E-state index is 13.2. The van der Waals surface area contributed by atoms with Crippen LogP contribution in [0.3, 0.4) is 0 Å². The minimum absolute atomic E-state index is 0.315. The van der Waals surface area contributed by atoms with Gasteiger partial charge in [-0.2, -0.15) is 5.26 Å². The number of rotatable bonds is 4. The molecule has 2 aromatic carbocycles. The van der Waals surface area contributed by atoms with Gasteiger partial charge in [0, 0.05) is 10.6 Å². The molecule has 0 aromatic heterocycles. The van der Waals surface area contributed by atoms with Crippen LogP contribution in [0.2, 0.25) is 0 Å². The van der Waals surface area contributed by atoms with Crippen LogP contribution >= 0.6 is 11.8 Å². The van der Waals surface area contributed by atoms with Crippen molar-refractivity contribution in [3.63, 3.8) is 0 Å². The molecule has 2 nitrogen and oxygen atoms in total. The van der Waals surface area contributed by atoms with Crippen molar-refractivity contribution in [1.82, 2.24) is 0 Å². The van der Waals surface area contributed by atoms with Crippen LogP contribution in [0.4, 0.5) is 4.39 Å². The van der Waals surface area contributed by atoms with E-state index >= 15 is 0 Å². The molecule has 4 heteroatoms. The highest BCUT2D eigenvalue weighted by molar-refractivity contribution is 7.98. The Morgan fingerprint density at radius 1 is 1.21 bits per heavy atom. The van der Waals surface area contributed by atoms with Gasteiger partial charge in [-0.05, 0) is 48.0 Å². The lowest BCUT2D eigenvalue weighted by molar-refractivity contribution is 0.414. The van der Waals surface area contributed by atoms with Gasteiger partial charge in [0.25, 0.3) is 0 Å². The van der Waals surface area contributed by atoms with E-state index in [1.54, 1.807) is 18.9 Å². The standard InChI is InChI=1S/C15H12FNOS/c1-18-14-4-6-15(7-5-14)19-10-12-8-13(16)3-2-11(12)9-17/h2-8H,10H2,1H3. The molecule has 0 bridgehead atoms. The van der Waals surface area contributed by atoms with Crippen molar-refractivity contribution < 1.29 is 9.13 Å². The molecule has 2 aromatic rings. The minimum atomic E-state index is -0.315. The van der Waals surface area contributed by atoms with Crippen molar-refractivity contribution >= 4 is 11.8 Å². The van der Waals surface area contributed by atoms with Gasteiger partial charge in [-0.25, -0.2) is 4.39 Å². The maximum absolute atomic E-state index is 13.2. The number of thioether (sulfide) groups is 1. The van der Waals surface area contributed by atoms with Gasteiger partial charge in [0.2, 0.25) is 0 Å². The molecular formula is C15H12FNOS. The third-order valence-corrected chi connectivity index (χ3v) is 3.70. The highest BCUT2D eigenvalue weighted by atomic mass is 32.2. The third kappa shape index (κ3) is 3.49. The fourth-order valence-corrected chi connectivity index (χ4v) is 2.51. The summed E-state index contributed by atoms with van der Waals surface area (Å²) in [5.41, 5.74) is 1.23. The van der Waals surface area contributed by atoms with E-state index in [0.29, 0.717) is 16.9 Å². The summed E-state index contributed by atoms with van der Waals surface area (Å²) < 4.78 is 18.3. The maximum Gasteiger partial charge on any atom is 0.123 e. The van der Waals surface area contributed by atoms with E-state index in [1.165, 1.54) is 18.2 Å². The molecule has 0 aliphatic heterocycles. The van der Waals surface area contributed by atoms with Crippen molar-refractivity contribution in [1.29, 1.82) is 5.26 Å². The summed E-state index contributed by atoms with van der Waals surface area (Å²) in [7, 11) is 1.62. The molecule has 0 spiro atoms. The smallest absolute Gasteiger partial charge is 0.123 e. The topological polar surface area (TPSA) is 33.0 Å². The Hall–Kier alpha value is -1.99. The van der Waals surface area contributed by atoms with E-state index in [0.717, 1.165) is 10.6 Å². The van der Waals surface area contributed by atoms with Crippen molar-refractivity contribution in [2.75, 3.05) is 7.11 Å². The van der Waals surface area contributed by atoms with E-state index in [1.807, 2.05) is 24.3 Å². The van der Waals surface area contributed by atoms with Crippen LogP contribution in [-0.4, -0.2) is 7.11 Å². The van der Waals surface area contributed by atoms with Gasteiger partial charge in [-0.15, -0.1) is 11.8 Å². The average Bonchev–Trinajstić information content (AvgIpc) is 2.46. The van der Waals surface area contributed by atoms with Crippen LogP contribution in [0.25, 0.3) is 0 Å². The number of methoxy groups -OCH3 is 1. The molecule has 0 atom stereocenters. The Kier molecular flexibility index (Phi) is 4.43. The number of benzene rings is 2. The average molecular weight is 273 g/mol. The number of hydrogen-bond donors (Lipinski definition) is 0. The molecule has 0 saturated carbocycles. The molecule has 0 N–H and O–H groups in total. The van der Waals surface area contributed by atoms with Gasteiger partial charge in [-0.3, -0.25) is 0 Å². The Balaban J connectivity index is 2.09. The number of nitriles is 1. The highest BCUT2D eigenvalue weighted by Gasteiger charge is 2.05. The van der Waals surface area contributed by atoms with Crippen molar-refractivity contribution in [3.8, 4) is 11.8 Å². The fraction of sp³-hybridized carbons (Fsp3) is 0.133. The van der Waals surface area contributed by atoms with Crippen molar-refractivity contribution in [3.05, 3.63) is 59.4 Å². The van der Waals surface area contributed by atoms with Crippen LogP contribution in [0, 0.1) is 17.1 Å². The van der Waals surface area contributed by atoms with Gasteiger partial charge < -0.3 is 4.74 Å². The first-order chi connectivity index (χ1) is 9.22. The molecule has 2 rings (SSSR count). The Bertz CT molecular complexity index is 605. The zero-order chi connectivity index (χ0) is 13.7. The van der Waals surface area contributed by atoms with Crippen LogP contribution in [-0.2, 0) is 5.75 Å². The number of halogens is 1. The minimum Gasteiger partial charge on any atom is -0.497 e. The molecular weight excluding hydrogens is 261 g/mol. The van der Waals surface area contributed by atoms with E-state index in [4.69, 9.17) is 10.00 Å². The second-order valence-electron chi connectivity index (χ2n) is 3.88. The van der Waals surface area contributed by atoms with E-state index in [9.17, 15) is 4.39 Å². The summed E-state index contributed by atoms with van der Waals surface area (Å²) in [5.74, 6) is 1.05. The molecule has 0 saturated heterocycles. The molecule has 0 aliphatic carbocycles. The van der Waals surface area contributed by atoms with Crippen LogP contribution < -0.4 is 4.74 Å². The third-order valence-electron chi connectivity index (χ3n) is 2.64. The Morgan fingerprint density at radius 3 is 2.58 bits per heavy atom. The van der Waals surface area contributed by atoms with E-state index < -0.39 is 0 Å². The lowest BCUT2D eigenvalue weighted by atomic mass is 10.1. The van der Waals surface area contributed by atoms with Crippen molar-refractivity contribution in [2.45, 2.75) is 10.6 Å². The Morgan fingerprint density at radius 2 is 1.95 bits per heavy atom. The summed E-state index contributed by atoms with van der Waals surface area (Å²) in [5, 5.41) is 8.98. The predicted octanol–water partition coefficient (Wildman–Crippen LogP) is 4.00. The SMILES string of the molecule is COc1ccc(SCc2cc(F)ccc2C#N)cc1. The van der Waals surface area contributed by atoms with E-state index in [-0.39, 0.29) is 5.82 Å². The fourth-order valence-electron chi connectivity index (χ4n) is 1.62. The zero-order valence-corrected chi connectivity index (χ0v) is 11.2. The number of hydrogen-bond acceptors (Lipinski definition) is 3.